The van der Waals surface area contributed by atoms with E-state index in [9.17, 15) is 9.59 Å². The lowest BCUT2D eigenvalue weighted by Gasteiger charge is -2.21. The van der Waals surface area contributed by atoms with Crippen LogP contribution in [0.2, 0.25) is 5.02 Å². The van der Waals surface area contributed by atoms with Crippen molar-refractivity contribution in [1.29, 1.82) is 0 Å². The van der Waals surface area contributed by atoms with Crippen LogP contribution in [-0.2, 0) is 9.47 Å². The molecule has 0 amide bonds. The zero-order valence-corrected chi connectivity index (χ0v) is 18.8. The normalized spacial score (nSPS) is 14.4. The Balaban J connectivity index is 1.65. The molecule has 162 valence electrons. The Morgan fingerprint density at radius 2 is 1.94 bits per heavy atom. The number of methoxy groups -OCH3 is 1. The molecule has 1 aliphatic rings. The standard InChI is InChI=1S/C22H22ClN3O4S/c1-12-17-19(26-16-10-13(21(27)29-2)8-9-15(16)23)24-11-25-20(17)31-18(12)22(28)30-14-6-4-3-5-7-14/h8-11,14H,3-7H2,1-2H3,(H,24,25,26). The lowest BCUT2D eigenvalue weighted by molar-refractivity contribution is 0.0216. The number of ether oxygens (including phenoxy) is 2. The Kier molecular flexibility index (Phi) is 6.38. The maximum Gasteiger partial charge on any atom is 0.348 e. The first-order valence-corrected chi connectivity index (χ1v) is 11.3. The van der Waals surface area contributed by atoms with Crippen LogP contribution >= 0.6 is 22.9 Å². The summed E-state index contributed by atoms with van der Waals surface area (Å²) in [5.41, 5.74) is 1.61. The number of anilines is 2. The monoisotopic (exact) mass is 459 g/mol. The van der Waals surface area contributed by atoms with E-state index in [4.69, 9.17) is 21.1 Å². The van der Waals surface area contributed by atoms with Crippen molar-refractivity contribution in [2.75, 3.05) is 12.4 Å². The molecule has 9 heteroatoms. The van der Waals surface area contributed by atoms with Gasteiger partial charge in [0.1, 0.15) is 28.0 Å². The number of fused-ring (bicyclic) bond motifs is 1. The van der Waals surface area contributed by atoms with E-state index in [0.717, 1.165) is 36.6 Å². The molecule has 3 aromatic rings. The highest BCUT2D eigenvalue weighted by molar-refractivity contribution is 7.20. The summed E-state index contributed by atoms with van der Waals surface area (Å²) >= 11 is 7.61. The Hall–Kier alpha value is -2.71. The SMILES string of the molecule is COC(=O)c1ccc(Cl)c(Nc2ncnc3sc(C(=O)OC4CCCCC4)c(C)c23)c1. The van der Waals surface area contributed by atoms with E-state index in [1.54, 1.807) is 18.2 Å². The number of nitrogens with zero attached hydrogens (tertiary/aromatic N) is 2. The average Bonchev–Trinajstić information content (AvgIpc) is 3.13. The maximum absolute atomic E-state index is 12.8. The number of esters is 2. The quantitative estimate of drug-likeness (QED) is 0.491. The third-order valence-electron chi connectivity index (χ3n) is 5.38. The molecule has 1 aromatic carbocycles. The largest absolute Gasteiger partial charge is 0.465 e. The predicted octanol–water partition coefficient (Wildman–Crippen LogP) is 5.67. The third-order valence-corrected chi connectivity index (χ3v) is 6.89. The second kappa shape index (κ2) is 9.20. The van der Waals surface area contributed by atoms with Gasteiger partial charge < -0.3 is 14.8 Å². The van der Waals surface area contributed by atoms with Gasteiger partial charge >= 0.3 is 11.9 Å². The van der Waals surface area contributed by atoms with Crippen LogP contribution in [0.5, 0.6) is 0 Å². The van der Waals surface area contributed by atoms with E-state index in [1.165, 1.54) is 31.2 Å². The van der Waals surface area contributed by atoms with Crippen LogP contribution in [0.25, 0.3) is 10.2 Å². The van der Waals surface area contributed by atoms with Crippen LogP contribution < -0.4 is 5.32 Å². The minimum atomic E-state index is -0.466. The smallest absolute Gasteiger partial charge is 0.348 e. The number of aryl methyl sites for hydroxylation is 1. The average molecular weight is 460 g/mol. The number of halogens is 1. The van der Waals surface area contributed by atoms with Crippen LogP contribution in [0, 0.1) is 6.92 Å². The van der Waals surface area contributed by atoms with Gasteiger partial charge in [-0.25, -0.2) is 19.6 Å². The molecule has 1 aliphatic carbocycles. The van der Waals surface area contributed by atoms with Crippen molar-refractivity contribution in [2.45, 2.75) is 45.1 Å². The van der Waals surface area contributed by atoms with Crippen LogP contribution in [-0.4, -0.2) is 35.1 Å². The van der Waals surface area contributed by atoms with Gasteiger partial charge in [-0.3, -0.25) is 0 Å². The van der Waals surface area contributed by atoms with E-state index in [2.05, 4.69) is 15.3 Å². The molecule has 1 N–H and O–H groups in total. The van der Waals surface area contributed by atoms with Crippen molar-refractivity contribution in [1.82, 2.24) is 9.97 Å². The fourth-order valence-electron chi connectivity index (χ4n) is 3.74. The molecule has 0 spiro atoms. The summed E-state index contributed by atoms with van der Waals surface area (Å²) in [6.07, 6.45) is 6.61. The summed E-state index contributed by atoms with van der Waals surface area (Å²) in [6.45, 7) is 1.86. The first kappa shape index (κ1) is 21.5. The molecule has 1 fully saturated rings. The zero-order valence-electron chi connectivity index (χ0n) is 17.2. The van der Waals surface area contributed by atoms with Gasteiger partial charge in [0.25, 0.3) is 0 Å². The van der Waals surface area contributed by atoms with Crippen LogP contribution in [0.3, 0.4) is 0 Å². The number of aromatic nitrogens is 2. The minimum absolute atomic E-state index is 0.0191. The summed E-state index contributed by atoms with van der Waals surface area (Å²) in [7, 11) is 1.32. The number of thiophene rings is 1. The van der Waals surface area contributed by atoms with Crippen molar-refractivity contribution in [3.8, 4) is 0 Å². The van der Waals surface area contributed by atoms with Gasteiger partial charge in [0.05, 0.1) is 28.8 Å². The molecule has 1 saturated carbocycles. The Morgan fingerprint density at radius 3 is 2.68 bits per heavy atom. The zero-order chi connectivity index (χ0) is 22.0. The molecule has 2 heterocycles. The van der Waals surface area contributed by atoms with Crippen LogP contribution in [0.4, 0.5) is 11.5 Å². The van der Waals surface area contributed by atoms with Gasteiger partial charge in [0.15, 0.2) is 0 Å². The first-order chi connectivity index (χ1) is 15.0. The van der Waals surface area contributed by atoms with E-state index in [1.807, 2.05) is 6.92 Å². The Bertz CT molecular complexity index is 1140. The van der Waals surface area contributed by atoms with Crippen molar-refractivity contribution < 1.29 is 19.1 Å². The maximum atomic E-state index is 12.8. The number of carbonyl (C=O) groups is 2. The summed E-state index contributed by atoms with van der Waals surface area (Å²) in [5.74, 6) is -0.282. The summed E-state index contributed by atoms with van der Waals surface area (Å²) in [4.78, 5) is 34.6. The lowest BCUT2D eigenvalue weighted by atomic mass is 9.98. The highest BCUT2D eigenvalue weighted by Crippen LogP contribution is 2.36. The number of nitrogens with one attached hydrogen (secondary N) is 1. The fourth-order valence-corrected chi connectivity index (χ4v) is 4.94. The van der Waals surface area contributed by atoms with Gasteiger partial charge in [-0.15, -0.1) is 11.3 Å². The molecular weight excluding hydrogens is 438 g/mol. The topological polar surface area (TPSA) is 90.4 Å². The van der Waals surface area contributed by atoms with Crippen molar-refractivity contribution >= 4 is 56.6 Å². The Labute approximate surface area is 188 Å². The molecule has 0 saturated heterocycles. The number of carbonyl (C=O) groups excluding carboxylic acids is 2. The first-order valence-electron chi connectivity index (χ1n) is 10.1. The van der Waals surface area contributed by atoms with Crippen molar-refractivity contribution in [3.05, 3.63) is 45.6 Å². The highest BCUT2D eigenvalue weighted by Gasteiger charge is 2.24. The van der Waals surface area contributed by atoms with Crippen LogP contribution in [0.1, 0.15) is 57.7 Å². The minimum Gasteiger partial charge on any atom is -0.465 e. The molecule has 0 radical (unpaired) electrons. The molecule has 0 unspecified atom stereocenters. The molecule has 4 rings (SSSR count). The van der Waals surface area contributed by atoms with Gasteiger partial charge in [0, 0.05) is 0 Å². The molecule has 0 aliphatic heterocycles. The van der Waals surface area contributed by atoms with E-state index < -0.39 is 5.97 Å². The molecular formula is C22H22ClN3O4S. The van der Waals surface area contributed by atoms with Gasteiger partial charge in [-0.1, -0.05) is 18.0 Å². The Morgan fingerprint density at radius 1 is 1.16 bits per heavy atom. The summed E-state index contributed by atoms with van der Waals surface area (Å²) in [6, 6.07) is 4.80. The molecule has 0 bridgehead atoms. The number of hydrogen-bond donors (Lipinski definition) is 1. The molecule has 0 atom stereocenters. The van der Waals surface area contributed by atoms with Crippen LogP contribution in [0.15, 0.2) is 24.5 Å². The lowest BCUT2D eigenvalue weighted by Crippen LogP contribution is -2.20. The molecule has 7 nitrogen and oxygen atoms in total. The predicted molar refractivity (Wildman–Crippen MR) is 121 cm³/mol. The van der Waals surface area contributed by atoms with Gasteiger partial charge in [0.2, 0.25) is 0 Å². The number of benzene rings is 1. The van der Waals surface area contributed by atoms with Crippen molar-refractivity contribution in [3.63, 3.8) is 0 Å². The van der Waals surface area contributed by atoms with Gasteiger partial charge in [-0.05, 0) is 56.4 Å². The molecule has 31 heavy (non-hydrogen) atoms. The van der Waals surface area contributed by atoms with E-state index in [-0.39, 0.29) is 12.1 Å². The fraction of sp³-hybridized carbons (Fsp3) is 0.364. The second-order valence-corrected chi connectivity index (χ2v) is 8.84. The molecule has 2 aromatic heterocycles. The third kappa shape index (κ3) is 4.50. The summed E-state index contributed by atoms with van der Waals surface area (Å²) in [5, 5.41) is 4.32. The number of hydrogen-bond acceptors (Lipinski definition) is 8. The van der Waals surface area contributed by atoms with E-state index >= 15 is 0 Å². The number of rotatable bonds is 5. The van der Waals surface area contributed by atoms with Gasteiger partial charge in [-0.2, -0.15) is 0 Å². The second-order valence-electron chi connectivity index (χ2n) is 7.44. The van der Waals surface area contributed by atoms with Crippen molar-refractivity contribution in [2.24, 2.45) is 0 Å². The summed E-state index contributed by atoms with van der Waals surface area (Å²) < 4.78 is 10.5. The van der Waals surface area contributed by atoms with E-state index in [0.29, 0.717) is 31.8 Å². The highest BCUT2D eigenvalue weighted by atomic mass is 35.5.